The molecule has 2 aromatic heterocycles. The molecule has 0 spiro atoms. The Bertz CT molecular complexity index is 1380. The molecular weight excluding hydrogens is 447 g/mol. The molecular formula is C20H18F3N5O3S. The van der Waals surface area contributed by atoms with Crippen LogP contribution >= 0.6 is 0 Å². The Kier molecular flexibility index (Phi) is 5.63. The summed E-state index contributed by atoms with van der Waals surface area (Å²) in [5.74, 6) is -2.05. The highest BCUT2D eigenvalue weighted by molar-refractivity contribution is 7.92. The Balaban J connectivity index is 1.69. The Morgan fingerprint density at radius 2 is 1.94 bits per heavy atom. The zero-order chi connectivity index (χ0) is 23.0. The van der Waals surface area contributed by atoms with Crippen LogP contribution in [0.2, 0.25) is 0 Å². The molecule has 0 atom stereocenters. The predicted octanol–water partition coefficient (Wildman–Crippen LogP) is 4.06. The van der Waals surface area contributed by atoms with E-state index in [2.05, 4.69) is 15.3 Å². The van der Waals surface area contributed by atoms with Crippen molar-refractivity contribution in [3.8, 4) is 11.5 Å². The zero-order valence-electron chi connectivity index (χ0n) is 17.0. The molecule has 4 rings (SSSR count). The summed E-state index contributed by atoms with van der Waals surface area (Å²) >= 11 is 0. The molecule has 0 unspecified atom stereocenters. The molecule has 0 fully saturated rings. The Hall–Kier alpha value is -3.41. The van der Waals surface area contributed by atoms with E-state index < -0.39 is 28.2 Å². The lowest BCUT2D eigenvalue weighted by molar-refractivity contribution is 0.116. The molecule has 4 aromatic rings. The molecule has 32 heavy (non-hydrogen) atoms. The van der Waals surface area contributed by atoms with E-state index in [1.54, 1.807) is 36.1 Å². The van der Waals surface area contributed by atoms with Gasteiger partial charge in [-0.05, 0) is 37.3 Å². The number of alkyl halides is 2. The van der Waals surface area contributed by atoms with Crippen LogP contribution in [-0.2, 0) is 23.6 Å². The summed E-state index contributed by atoms with van der Waals surface area (Å²) in [6.07, 6.45) is -1.28. The highest BCUT2D eigenvalue weighted by Gasteiger charge is 2.24. The van der Waals surface area contributed by atoms with Crippen LogP contribution in [0, 0.1) is 5.82 Å². The Morgan fingerprint density at radius 1 is 1.16 bits per heavy atom. The summed E-state index contributed by atoms with van der Waals surface area (Å²) in [5.41, 5.74) is 1.28. The van der Waals surface area contributed by atoms with Gasteiger partial charge in [0.05, 0.1) is 29.7 Å². The normalized spacial score (nSPS) is 12.1. The van der Waals surface area contributed by atoms with Gasteiger partial charge in [0.15, 0.2) is 0 Å². The number of hydrogen-bond donors (Lipinski definition) is 0. The molecule has 0 amide bonds. The third-order valence-corrected chi connectivity index (χ3v) is 6.70. The average molecular weight is 465 g/mol. The van der Waals surface area contributed by atoms with Crippen molar-refractivity contribution in [3.63, 3.8) is 0 Å². The van der Waals surface area contributed by atoms with Gasteiger partial charge in [0.2, 0.25) is 15.9 Å². The number of hydrogen-bond acceptors (Lipinski definition) is 6. The van der Waals surface area contributed by atoms with E-state index in [9.17, 15) is 21.6 Å². The number of fused-ring (bicyclic) bond motifs is 1. The van der Waals surface area contributed by atoms with E-state index in [-0.39, 0.29) is 29.3 Å². The second-order valence-electron chi connectivity index (χ2n) is 6.97. The SMILES string of the molecule is CCS(=O)(=O)N(Cc1ccc(-c2nnc(C(F)F)o2)cc1F)c1ccc2cnn(C)c2c1. The van der Waals surface area contributed by atoms with Crippen molar-refractivity contribution >= 4 is 26.6 Å². The van der Waals surface area contributed by atoms with Crippen molar-refractivity contribution in [2.75, 3.05) is 10.1 Å². The fourth-order valence-corrected chi connectivity index (χ4v) is 4.28. The van der Waals surface area contributed by atoms with Gasteiger partial charge in [-0.2, -0.15) is 13.9 Å². The summed E-state index contributed by atoms with van der Waals surface area (Å²) in [6.45, 7) is 1.23. The Morgan fingerprint density at radius 3 is 2.59 bits per heavy atom. The quantitative estimate of drug-likeness (QED) is 0.409. The number of anilines is 1. The number of aromatic nitrogens is 4. The first-order valence-electron chi connectivity index (χ1n) is 9.52. The summed E-state index contributed by atoms with van der Waals surface area (Å²) in [7, 11) is -2.01. The fraction of sp³-hybridized carbons (Fsp3) is 0.250. The highest BCUT2D eigenvalue weighted by Crippen LogP contribution is 2.29. The van der Waals surface area contributed by atoms with E-state index in [1.807, 2.05) is 0 Å². The molecule has 0 saturated heterocycles. The van der Waals surface area contributed by atoms with E-state index >= 15 is 0 Å². The van der Waals surface area contributed by atoms with Gasteiger partial charge in [0, 0.05) is 23.6 Å². The first kappa shape index (κ1) is 21.8. The smallest absolute Gasteiger partial charge is 0.314 e. The molecule has 0 aliphatic heterocycles. The van der Waals surface area contributed by atoms with Crippen molar-refractivity contribution in [2.45, 2.75) is 19.9 Å². The topological polar surface area (TPSA) is 94.1 Å². The fourth-order valence-electron chi connectivity index (χ4n) is 3.20. The lowest BCUT2D eigenvalue weighted by Crippen LogP contribution is -2.32. The minimum absolute atomic E-state index is 0.0875. The summed E-state index contributed by atoms with van der Waals surface area (Å²) < 4.78 is 73.4. The molecule has 0 radical (unpaired) electrons. The van der Waals surface area contributed by atoms with Crippen LogP contribution in [0.15, 0.2) is 47.0 Å². The second kappa shape index (κ2) is 8.26. The van der Waals surface area contributed by atoms with Gasteiger partial charge in [0.25, 0.3) is 5.89 Å². The maximum atomic E-state index is 14.9. The van der Waals surface area contributed by atoms with Crippen LogP contribution in [0.1, 0.15) is 24.8 Å². The zero-order valence-corrected chi connectivity index (χ0v) is 17.9. The molecule has 12 heteroatoms. The number of aryl methyl sites for hydroxylation is 1. The maximum absolute atomic E-state index is 14.9. The van der Waals surface area contributed by atoms with E-state index in [4.69, 9.17) is 4.42 Å². The van der Waals surface area contributed by atoms with Crippen molar-refractivity contribution in [2.24, 2.45) is 7.05 Å². The number of sulfonamides is 1. The molecule has 0 saturated carbocycles. The van der Waals surface area contributed by atoms with Gasteiger partial charge in [-0.15, -0.1) is 10.2 Å². The molecule has 0 aliphatic rings. The van der Waals surface area contributed by atoms with Gasteiger partial charge in [-0.3, -0.25) is 8.99 Å². The van der Waals surface area contributed by atoms with Crippen molar-refractivity contribution < 1.29 is 26.0 Å². The molecule has 0 aliphatic carbocycles. The van der Waals surface area contributed by atoms with Gasteiger partial charge in [0.1, 0.15) is 5.82 Å². The van der Waals surface area contributed by atoms with Crippen LogP contribution < -0.4 is 4.31 Å². The van der Waals surface area contributed by atoms with Gasteiger partial charge in [-0.1, -0.05) is 6.07 Å². The third-order valence-electron chi connectivity index (χ3n) is 4.96. The summed E-state index contributed by atoms with van der Waals surface area (Å²) in [6, 6.07) is 8.85. The van der Waals surface area contributed by atoms with Crippen LogP contribution in [0.25, 0.3) is 22.4 Å². The van der Waals surface area contributed by atoms with Crippen LogP contribution in [0.5, 0.6) is 0 Å². The van der Waals surface area contributed by atoms with Crippen LogP contribution in [0.4, 0.5) is 18.9 Å². The molecule has 168 valence electrons. The summed E-state index contributed by atoms with van der Waals surface area (Å²) in [4.78, 5) is 0. The first-order valence-corrected chi connectivity index (χ1v) is 11.1. The number of benzene rings is 2. The maximum Gasteiger partial charge on any atom is 0.314 e. The lowest BCUT2D eigenvalue weighted by atomic mass is 10.1. The monoisotopic (exact) mass is 465 g/mol. The highest BCUT2D eigenvalue weighted by atomic mass is 32.2. The molecule has 2 aromatic carbocycles. The van der Waals surface area contributed by atoms with Gasteiger partial charge >= 0.3 is 6.43 Å². The largest absolute Gasteiger partial charge is 0.415 e. The Labute approximate surface area is 181 Å². The lowest BCUT2D eigenvalue weighted by Gasteiger charge is -2.24. The van der Waals surface area contributed by atoms with E-state index in [1.165, 1.54) is 19.1 Å². The molecule has 2 heterocycles. The van der Waals surface area contributed by atoms with E-state index in [0.717, 1.165) is 21.3 Å². The van der Waals surface area contributed by atoms with Gasteiger partial charge < -0.3 is 4.42 Å². The number of halogens is 3. The van der Waals surface area contributed by atoms with Gasteiger partial charge in [-0.25, -0.2) is 12.8 Å². The minimum Gasteiger partial charge on any atom is -0.415 e. The first-order chi connectivity index (χ1) is 15.2. The second-order valence-corrected chi connectivity index (χ2v) is 9.15. The van der Waals surface area contributed by atoms with Crippen LogP contribution in [-0.4, -0.2) is 34.1 Å². The average Bonchev–Trinajstić information content (AvgIpc) is 3.40. The number of rotatable bonds is 7. The molecule has 0 bridgehead atoms. The van der Waals surface area contributed by atoms with Crippen LogP contribution in [0.3, 0.4) is 0 Å². The minimum atomic E-state index is -3.75. The standard InChI is InChI=1S/C20H18F3N5O3S/c1-3-32(29,30)28(15-7-6-13-10-24-27(2)17(13)9-15)11-14-5-4-12(8-16(14)21)19-25-26-20(31-19)18(22)23/h4-10,18H,3,11H2,1-2H3. The molecule has 0 N–H and O–H groups in total. The predicted molar refractivity (Wildman–Crippen MR) is 111 cm³/mol. The summed E-state index contributed by atoms with van der Waals surface area (Å²) in [5, 5.41) is 11.7. The number of nitrogens with zero attached hydrogens (tertiary/aromatic N) is 5. The molecule has 8 nitrogen and oxygen atoms in total. The third kappa shape index (κ3) is 4.05. The van der Waals surface area contributed by atoms with Crippen molar-refractivity contribution in [3.05, 3.63) is 59.9 Å². The van der Waals surface area contributed by atoms with E-state index in [0.29, 0.717) is 5.69 Å². The van der Waals surface area contributed by atoms with Crippen molar-refractivity contribution in [1.82, 2.24) is 20.0 Å². The van der Waals surface area contributed by atoms with Crippen molar-refractivity contribution in [1.29, 1.82) is 0 Å².